The maximum Gasteiger partial charge on any atom is 0.276 e. The summed E-state index contributed by atoms with van der Waals surface area (Å²) in [5.41, 5.74) is 6.16. The maximum atomic E-state index is 12.5. The summed E-state index contributed by atoms with van der Waals surface area (Å²) in [4.78, 5) is 21.3. The van der Waals surface area contributed by atoms with Gasteiger partial charge in [-0.15, -0.1) is 0 Å². The van der Waals surface area contributed by atoms with Gasteiger partial charge in [0.15, 0.2) is 5.13 Å². The van der Waals surface area contributed by atoms with Crippen molar-refractivity contribution in [2.45, 2.75) is 26.7 Å². The van der Waals surface area contributed by atoms with E-state index < -0.39 is 0 Å². The Morgan fingerprint density at radius 2 is 1.64 bits per heavy atom. The SMILES string of the molecule is Cc1ccc(CCc2ccc(C(=O)Nc3nc4ccc(C)cc4s3)nc2)cc1. The second kappa shape index (κ2) is 7.90. The fourth-order valence-corrected chi connectivity index (χ4v) is 3.96. The van der Waals surface area contributed by atoms with Crippen molar-refractivity contribution >= 4 is 32.6 Å². The van der Waals surface area contributed by atoms with Crippen molar-refractivity contribution in [3.63, 3.8) is 0 Å². The van der Waals surface area contributed by atoms with Crippen LogP contribution in [-0.4, -0.2) is 15.9 Å². The number of nitrogens with one attached hydrogen (secondary N) is 1. The molecule has 5 heteroatoms. The van der Waals surface area contributed by atoms with Crippen LogP contribution in [0, 0.1) is 13.8 Å². The van der Waals surface area contributed by atoms with Gasteiger partial charge in [-0.2, -0.15) is 0 Å². The molecule has 0 spiro atoms. The van der Waals surface area contributed by atoms with Gasteiger partial charge in [-0.3, -0.25) is 15.1 Å². The van der Waals surface area contributed by atoms with Crippen molar-refractivity contribution < 1.29 is 4.79 Å². The van der Waals surface area contributed by atoms with Gasteiger partial charge in [-0.05, 0) is 61.6 Å². The molecule has 0 aliphatic rings. The number of amides is 1. The molecule has 0 saturated carbocycles. The molecule has 4 rings (SSSR count). The van der Waals surface area contributed by atoms with Crippen LogP contribution >= 0.6 is 11.3 Å². The molecular formula is C23H21N3OS. The molecule has 2 aromatic carbocycles. The number of hydrogen-bond acceptors (Lipinski definition) is 4. The average molecular weight is 388 g/mol. The zero-order valence-electron chi connectivity index (χ0n) is 15.9. The van der Waals surface area contributed by atoms with Gasteiger partial charge in [-0.1, -0.05) is 53.3 Å². The van der Waals surface area contributed by atoms with E-state index in [4.69, 9.17) is 0 Å². The van der Waals surface area contributed by atoms with Gasteiger partial charge in [0.2, 0.25) is 0 Å². The molecule has 0 aliphatic carbocycles. The lowest BCUT2D eigenvalue weighted by molar-refractivity contribution is 0.102. The van der Waals surface area contributed by atoms with Crippen LogP contribution in [0.3, 0.4) is 0 Å². The Kier molecular flexibility index (Phi) is 5.17. The number of carbonyl (C=O) groups excluding carboxylic acids is 1. The molecule has 1 N–H and O–H groups in total. The number of carbonyl (C=O) groups is 1. The number of hydrogen-bond donors (Lipinski definition) is 1. The van der Waals surface area contributed by atoms with Crippen LogP contribution in [0.15, 0.2) is 60.8 Å². The van der Waals surface area contributed by atoms with Crippen LogP contribution in [0.2, 0.25) is 0 Å². The maximum absolute atomic E-state index is 12.5. The highest BCUT2D eigenvalue weighted by Gasteiger charge is 2.11. The highest BCUT2D eigenvalue weighted by molar-refractivity contribution is 7.22. The lowest BCUT2D eigenvalue weighted by Gasteiger charge is -2.04. The second-order valence-electron chi connectivity index (χ2n) is 6.98. The lowest BCUT2D eigenvalue weighted by atomic mass is 10.0. The predicted octanol–water partition coefficient (Wildman–Crippen LogP) is 5.35. The zero-order valence-corrected chi connectivity index (χ0v) is 16.7. The number of aromatic nitrogens is 2. The van der Waals surface area contributed by atoms with E-state index in [2.05, 4.69) is 52.5 Å². The lowest BCUT2D eigenvalue weighted by Crippen LogP contribution is -2.13. The number of thiazole rings is 1. The monoisotopic (exact) mass is 387 g/mol. The fraction of sp³-hybridized carbons (Fsp3) is 0.174. The first-order valence-electron chi connectivity index (χ1n) is 9.26. The highest BCUT2D eigenvalue weighted by atomic mass is 32.1. The molecule has 0 unspecified atom stereocenters. The van der Waals surface area contributed by atoms with E-state index in [1.54, 1.807) is 12.3 Å². The second-order valence-corrected chi connectivity index (χ2v) is 8.01. The summed E-state index contributed by atoms with van der Waals surface area (Å²) in [7, 11) is 0. The van der Waals surface area contributed by atoms with E-state index in [1.165, 1.54) is 28.0 Å². The first kappa shape index (κ1) is 18.3. The Morgan fingerprint density at radius 1 is 0.929 bits per heavy atom. The molecule has 2 heterocycles. The summed E-state index contributed by atoms with van der Waals surface area (Å²) in [5, 5.41) is 3.45. The summed E-state index contributed by atoms with van der Waals surface area (Å²) in [6.07, 6.45) is 3.64. The van der Waals surface area contributed by atoms with E-state index in [9.17, 15) is 4.79 Å². The fourth-order valence-electron chi connectivity index (χ4n) is 3.00. The van der Waals surface area contributed by atoms with Gasteiger partial charge in [0, 0.05) is 6.20 Å². The van der Waals surface area contributed by atoms with Crippen LogP contribution in [0.5, 0.6) is 0 Å². The van der Waals surface area contributed by atoms with Gasteiger partial charge in [0.05, 0.1) is 10.2 Å². The van der Waals surface area contributed by atoms with E-state index in [0.717, 1.165) is 28.6 Å². The van der Waals surface area contributed by atoms with E-state index in [1.807, 2.05) is 25.1 Å². The topological polar surface area (TPSA) is 54.9 Å². The molecule has 0 saturated heterocycles. The Labute approximate surface area is 168 Å². The zero-order chi connectivity index (χ0) is 19.5. The van der Waals surface area contributed by atoms with Crippen LogP contribution in [-0.2, 0) is 12.8 Å². The van der Waals surface area contributed by atoms with E-state index >= 15 is 0 Å². The van der Waals surface area contributed by atoms with Gasteiger partial charge < -0.3 is 0 Å². The van der Waals surface area contributed by atoms with Crippen molar-refractivity contribution in [2.75, 3.05) is 5.32 Å². The number of anilines is 1. The molecule has 0 atom stereocenters. The number of fused-ring (bicyclic) bond motifs is 1. The molecule has 28 heavy (non-hydrogen) atoms. The first-order valence-corrected chi connectivity index (χ1v) is 10.1. The third-order valence-corrected chi connectivity index (χ3v) is 5.58. The quantitative estimate of drug-likeness (QED) is 0.502. The van der Waals surface area contributed by atoms with Gasteiger partial charge >= 0.3 is 0 Å². The number of benzene rings is 2. The molecule has 4 nitrogen and oxygen atoms in total. The van der Waals surface area contributed by atoms with Crippen LogP contribution in [0.25, 0.3) is 10.2 Å². The standard InChI is InChI=1S/C23H21N3OS/c1-15-3-6-17(7-4-15)8-9-18-10-12-20(24-14-18)22(27)26-23-25-19-11-5-16(2)13-21(19)28-23/h3-7,10-14H,8-9H2,1-2H3,(H,25,26,27). The Hall–Kier alpha value is -3.05. The van der Waals surface area contributed by atoms with Crippen molar-refractivity contribution in [1.29, 1.82) is 0 Å². The van der Waals surface area contributed by atoms with Crippen molar-refractivity contribution in [3.05, 3.63) is 88.7 Å². The summed E-state index contributed by atoms with van der Waals surface area (Å²) < 4.78 is 1.06. The molecule has 140 valence electrons. The van der Waals surface area contributed by atoms with Gasteiger partial charge in [0.1, 0.15) is 5.69 Å². The molecule has 0 radical (unpaired) electrons. The number of nitrogens with zero attached hydrogens (tertiary/aromatic N) is 2. The largest absolute Gasteiger partial charge is 0.296 e. The normalized spacial score (nSPS) is 10.9. The molecule has 0 fully saturated rings. The summed E-state index contributed by atoms with van der Waals surface area (Å²) in [6, 6.07) is 18.4. The summed E-state index contributed by atoms with van der Waals surface area (Å²) >= 11 is 1.47. The molecule has 0 aliphatic heterocycles. The minimum absolute atomic E-state index is 0.235. The van der Waals surface area contributed by atoms with E-state index in [0.29, 0.717) is 10.8 Å². The Balaban J connectivity index is 1.39. The third-order valence-electron chi connectivity index (χ3n) is 4.64. The van der Waals surface area contributed by atoms with Crippen molar-refractivity contribution in [3.8, 4) is 0 Å². The summed E-state index contributed by atoms with van der Waals surface area (Å²) in [5.74, 6) is -0.235. The Bertz CT molecular complexity index is 1120. The van der Waals surface area contributed by atoms with Crippen LogP contribution in [0.4, 0.5) is 5.13 Å². The van der Waals surface area contributed by atoms with Crippen LogP contribution < -0.4 is 5.32 Å². The number of rotatable bonds is 5. The number of aryl methyl sites for hydroxylation is 4. The third kappa shape index (κ3) is 4.26. The highest BCUT2D eigenvalue weighted by Crippen LogP contribution is 2.26. The van der Waals surface area contributed by atoms with Crippen molar-refractivity contribution in [2.24, 2.45) is 0 Å². The minimum Gasteiger partial charge on any atom is -0.296 e. The van der Waals surface area contributed by atoms with Crippen LogP contribution in [0.1, 0.15) is 32.7 Å². The Morgan fingerprint density at radius 3 is 2.39 bits per heavy atom. The van der Waals surface area contributed by atoms with Gasteiger partial charge in [-0.25, -0.2) is 4.98 Å². The first-order chi connectivity index (χ1) is 13.6. The number of pyridine rings is 1. The molecular weight excluding hydrogens is 366 g/mol. The van der Waals surface area contributed by atoms with Crippen molar-refractivity contribution in [1.82, 2.24) is 9.97 Å². The molecule has 1 amide bonds. The average Bonchev–Trinajstić information content (AvgIpc) is 3.09. The van der Waals surface area contributed by atoms with E-state index in [-0.39, 0.29) is 5.91 Å². The van der Waals surface area contributed by atoms with Gasteiger partial charge in [0.25, 0.3) is 5.91 Å². The smallest absolute Gasteiger partial charge is 0.276 e. The molecule has 4 aromatic rings. The molecule has 2 aromatic heterocycles. The minimum atomic E-state index is -0.235. The molecule has 0 bridgehead atoms. The predicted molar refractivity (Wildman–Crippen MR) is 115 cm³/mol. The summed E-state index contributed by atoms with van der Waals surface area (Å²) in [6.45, 7) is 4.13.